The second-order valence-corrected chi connectivity index (χ2v) is 6.49. The molecule has 0 heterocycles. The van der Waals surface area contributed by atoms with Crippen molar-refractivity contribution in [3.8, 4) is 6.07 Å². The van der Waals surface area contributed by atoms with E-state index in [1.165, 1.54) is 24.3 Å². The van der Waals surface area contributed by atoms with Crippen LogP contribution in [-0.2, 0) is 17.9 Å². The first kappa shape index (κ1) is 19.8. The van der Waals surface area contributed by atoms with Crippen LogP contribution in [-0.4, -0.2) is 10.8 Å². The zero-order chi connectivity index (χ0) is 20.5. The fourth-order valence-electron chi connectivity index (χ4n) is 2.84. The van der Waals surface area contributed by atoms with Gasteiger partial charge in [-0.1, -0.05) is 60.7 Å². The quantitative estimate of drug-likeness (QED) is 0.466. The van der Waals surface area contributed by atoms with E-state index in [-0.39, 0.29) is 5.57 Å². The van der Waals surface area contributed by atoms with E-state index >= 15 is 0 Å². The molecule has 1 N–H and O–H groups in total. The van der Waals surface area contributed by atoms with Crippen molar-refractivity contribution in [2.45, 2.75) is 13.1 Å². The van der Waals surface area contributed by atoms with E-state index in [0.29, 0.717) is 18.8 Å². The fourth-order valence-corrected chi connectivity index (χ4v) is 2.84. The lowest BCUT2D eigenvalue weighted by Gasteiger charge is -2.21. The monoisotopic (exact) mass is 385 g/mol. The van der Waals surface area contributed by atoms with Gasteiger partial charge in [0, 0.05) is 25.0 Å². The molecule has 0 bridgehead atoms. The molecule has 0 atom stereocenters. The third-order valence-electron chi connectivity index (χ3n) is 4.24. The van der Waals surface area contributed by atoms with Crippen LogP contribution in [0.2, 0.25) is 0 Å². The van der Waals surface area contributed by atoms with Crippen molar-refractivity contribution in [1.29, 1.82) is 5.26 Å². The molecular formula is C24H20FN3O. The Morgan fingerprint density at radius 3 is 1.90 bits per heavy atom. The van der Waals surface area contributed by atoms with Crippen LogP contribution in [0.1, 0.15) is 11.1 Å². The number of carbonyl (C=O) groups is 1. The molecule has 4 nitrogen and oxygen atoms in total. The van der Waals surface area contributed by atoms with Crippen LogP contribution >= 0.6 is 0 Å². The summed E-state index contributed by atoms with van der Waals surface area (Å²) in [6.45, 7) is 1.09. The molecule has 0 saturated heterocycles. The summed E-state index contributed by atoms with van der Waals surface area (Å²) in [7, 11) is 0. The first-order valence-corrected chi connectivity index (χ1v) is 9.15. The summed E-state index contributed by atoms with van der Waals surface area (Å²) in [6, 6.07) is 27.1. The maximum Gasteiger partial charge on any atom is 0.267 e. The highest BCUT2D eigenvalue weighted by atomic mass is 19.1. The van der Waals surface area contributed by atoms with Gasteiger partial charge in [-0.2, -0.15) is 5.26 Å². The molecule has 5 heteroatoms. The predicted molar refractivity (Wildman–Crippen MR) is 111 cm³/mol. The SMILES string of the molecule is N#C/C(=C/N(Cc1ccccc1)Cc1ccccc1)C(=O)Nc1ccc(F)cc1. The highest BCUT2D eigenvalue weighted by Gasteiger charge is 2.13. The van der Waals surface area contributed by atoms with E-state index in [1.807, 2.05) is 71.6 Å². The summed E-state index contributed by atoms with van der Waals surface area (Å²) in [5.41, 5.74) is 2.53. The van der Waals surface area contributed by atoms with Gasteiger partial charge >= 0.3 is 0 Å². The Bertz CT molecular complexity index is 968. The number of amides is 1. The van der Waals surface area contributed by atoms with E-state index < -0.39 is 11.7 Å². The summed E-state index contributed by atoms with van der Waals surface area (Å²) in [4.78, 5) is 14.5. The summed E-state index contributed by atoms with van der Waals surface area (Å²) in [5.74, 6) is -0.929. The number of rotatable bonds is 7. The number of hydrogen-bond donors (Lipinski definition) is 1. The molecule has 0 radical (unpaired) electrons. The minimum atomic E-state index is -0.537. The number of hydrogen-bond acceptors (Lipinski definition) is 3. The van der Waals surface area contributed by atoms with E-state index in [1.54, 1.807) is 6.20 Å². The maximum atomic E-state index is 13.1. The van der Waals surface area contributed by atoms with Crippen LogP contribution in [0.5, 0.6) is 0 Å². The van der Waals surface area contributed by atoms with Gasteiger partial charge in [0.1, 0.15) is 17.5 Å². The van der Waals surface area contributed by atoms with E-state index in [9.17, 15) is 14.4 Å². The normalized spacial score (nSPS) is 10.8. The zero-order valence-corrected chi connectivity index (χ0v) is 15.8. The number of nitrogens with one attached hydrogen (secondary N) is 1. The predicted octanol–water partition coefficient (Wildman–Crippen LogP) is 4.87. The van der Waals surface area contributed by atoms with Crippen molar-refractivity contribution in [3.05, 3.63) is 114 Å². The molecule has 0 fully saturated rings. The molecule has 0 spiro atoms. The molecule has 0 aliphatic rings. The number of anilines is 1. The first-order valence-electron chi connectivity index (χ1n) is 9.15. The average molecular weight is 385 g/mol. The smallest absolute Gasteiger partial charge is 0.267 e. The lowest BCUT2D eigenvalue weighted by atomic mass is 10.1. The van der Waals surface area contributed by atoms with E-state index in [4.69, 9.17) is 0 Å². The Morgan fingerprint density at radius 2 is 1.41 bits per heavy atom. The molecule has 0 aliphatic heterocycles. The number of carbonyl (C=O) groups excluding carboxylic acids is 1. The number of benzene rings is 3. The van der Waals surface area contributed by atoms with Crippen LogP contribution in [0.3, 0.4) is 0 Å². The summed E-state index contributed by atoms with van der Waals surface area (Å²) < 4.78 is 13.1. The van der Waals surface area contributed by atoms with Gasteiger partial charge < -0.3 is 10.2 Å². The van der Waals surface area contributed by atoms with Gasteiger partial charge in [0.15, 0.2) is 0 Å². The summed E-state index contributed by atoms with van der Waals surface area (Å²) in [6.07, 6.45) is 1.57. The van der Waals surface area contributed by atoms with Crippen molar-refractivity contribution in [2.24, 2.45) is 0 Å². The topological polar surface area (TPSA) is 56.1 Å². The highest BCUT2D eigenvalue weighted by molar-refractivity contribution is 6.06. The van der Waals surface area contributed by atoms with Gasteiger partial charge in [-0.15, -0.1) is 0 Å². The Balaban J connectivity index is 1.81. The Hall–Kier alpha value is -3.91. The molecule has 3 rings (SSSR count). The highest BCUT2D eigenvalue weighted by Crippen LogP contribution is 2.14. The van der Waals surface area contributed by atoms with Gasteiger partial charge in [0.25, 0.3) is 5.91 Å². The number of halogens is 1. The lowest BCUT2D eigenvalue weighted by Crippen LogP contribution is -2.21. The second-order valence-electron chi connectivity index (χ2n) is 6.49. The Labute approximate surface area is 169 Å². The third kappa shape index (κ3) is 6.05. The fraction of sp³-hybridized carbons (Fsp3) is 0.0833. The Kier molecular flexibility index (Phi) is 6.75. The Morgan fingerprint density at radius 1 is 0.897 bits per heavy atom. The molecular weight excluding hydrogens is 365 g/mol. The minimum absolute atomic E-state index is 0.0267. The average Bonchev–Trinajstić information content (AvgIpc) is 2.75. The molecule has 0 aliphatic carbocycles. The van der Waals surface area contributed by atoms with E-state index in [2.05, 4.69) is 5.32 Å². The van der Waals surface area contributed by atoms with Gasteiger partial charge in [-0.05, 0) is 35.4 Å². The van der Waals surface area contributed by atoms with Gasteiger partial charge in [0.05, 0.1) is 0 Å². The van der Waals surface area contributed by atoms with E-state index in [0.717, 1.165) is 11.1 Å². The van der Waals surface area contributed by atoms with Crippen LogP contribution < -0.4 is 5.32 Å². The molecule has 3 aromatic carbocycles. The molecule has 3 aromatic rings. The van der Waals surface area contributed by atoms with Crippen molar-refractivity contribution in [2.75, 3.05) is 5.32 Å². The maximum absolute atomic E-state index is 13.1. The standard InChI is InChI=1S/C24H20FN3O/c25-22-11-13-23(14-12-22)27-24(29)21(15-26)18-28(16-19-7-3-1-4-8-19)17-20-9-5-2-6-10-20/h1-14,18H,16-17H2,(H,27,29)/b21-18-. The molecule has 0 unspecified atom stereocenters. The third-order valence-corrected chi connectivity index (χ3v) is 4.24. The summed E-state index contributed by atoms with van der Waals surface area (Å²) in [5, 5.41) is 12.2. The molecule has 0 aromatic heterocycles. The van der Waals surface area contributed by atoms with Gasteiger partial charge in [-0.25, -0.2) is 4.39 Å². The minimum Gasteiger partial charge on any atom is -0.367 e. The van der Waals surface area contributed by atoms with Crippen molar-refractivity contribution < 1.29 is 9.18 Å². The van der Waals surface area contributed by atoms with Crippen LogP contribution in [0.25, 0.3) is 0 Å². The largest absolute Gasteiger partial charge is 0.367 e. The molecule has 0 saturated carbocycles. The van der Waals surface area contributed by atoms with Crippen molar-refractivity contribution >= 4 is 11.6 Å². The van der Waals surface area contributed by atoms with Crippen molar-refractivity contribution in [3.63, 3.8) is 0 Å². The van der Waals surface area contributed by atoms with Gasteiger partial charge in [-0.3, -0.25) is 4.79 Å². The molecule has 29 heavy (non-hydrogen) atoms. The second kappa shape index (κ2) is 9.86. The molecule has 1 amide bonds. The van der Waals surface area contributed by atoms with Crippen LogP contribution in [0, 0.1) is 17.1 Å². The van der Waals surface area contributed by atoms with Crippen LogP contribution in [0.15, 0.2) is 96.7 Å². The number of nitrogens with zero attached hydrogens (tertiary/aromatic N) is 2. The molecule has 144 valence electrons. The lowest BCUT2D eigenvalue weighted by molar-refractivity contribution is -0.112. The van der Waals surface area contributed by atoms with Crippen LogP contribution in [0.4, 0.5) is 10.1 Å². The number of nitriles is 1. The summed E-state index contributed by atoms with van der Waals surface area (Å²) >= 11 is 0. The van der Waals surface area contributed by atoms with Gasteiger partial charge in [0.2, 0.25) is 0 Å². The zero-order valence-electron chi connectivity index (χ0n) is 15.8. The first-order chi connectivity index (χ1) is 14.1. The van der Waals surface area contributed by atoms with Crippen molar-refractivity contribution in [1.82, 2.24) is 4.90 Å².